The van der Waals surface area contributed by atoms with Crippen molar-refractivity contribution in [1.29, 1.82) is 0 Å². The van der Waals surface area contributed by atoms with Gasteiger partial charge in [0.1, 0.15) is 5.75 Å². The number of likely N-dealkylation sites (tertiary alicyclic amines) is 1. The van der Waals surface area contributed by atoms with Crippen LogP contribution in [-0.4, -0.2) is 36.1 Å². The molecule has 2 aromatic carbocycles. The van der Waals surface area contributed by atoms with Crippen LogP contribution in [0.2, 0.25) is 0 Å². The van der Waals surface area contributed by atoms with Crippen LogP contribution in [0.25, 0.3) is 0 Å². The Morgan fingerprint density at radius 1 is 1.17 bits per heavy atom. The number of piperidine rings is 1. The van der Waals surface area contributed by atoms with E-state index in [0.717, 1.165) is 24.9 Å². The fraction of sp³-hybridized carbons (Fsp3) is 0.350. The fourth-order valence-corrected chi connectivity index (χ4v) is 3.38. The number of methoxy groups -OCH3 is 1. The number of ether oxygens (including phenoxy) is 1. The van der Waals surface area contributed by atoms with Gasteiger partial charge >= 0.3 is 0 Å². The summed E-state index contributed by atoms with van der Waals surface area (Å²) in [4.78, 5) is 14.5. The average molecular weight is 325 g/mol. The number of carbonyl (C=O) groups excluding carboxylic acids is 1. The molecule has 2 atom stereocenters. The van der Waals surface area contributed by atoms with E-state index in [9.17, 15) is 9.90 Å². The minimum atomic E-state index is -0.632. The van der Waals surface area contributed by atoms with E-state index < -0.39 is 6.10 Å². The maximum absolute atomic E-state index is 12.6. The highest BCUT2D eigenvalue weighted by atomic mass is 16.5. The number of carbonyl (C=O) groups is 1. The zero-order valence-corrected chi connectivity index (χ0v) is 13.9. The molecule has 1 amide bonds. The van der Waals surface area contributed by atoms with Gasteiger partial charge in [-0.3, -0.25) is 4.79 Å². The Balaban J connectivity index is 1.74. The van der Waals surface area contributed by atoms with Crippen LogP contribution in [0.3, 0.4) is 0 Å². The quantitative estimate of drug-likeness (QED) is 0.938. The second kappa shape index (κ2) is 7.49. The molecule has 0 aliphatic carbocycles. The van der Waals surface area contributed by atoms with Gasteiger partial charge in [0.2, 0.25) is 0 Å². The van der Waals surface area contributed by atoms with Crippen molar-refractivity contribution < 1.29 is 14.6 Å². The molecule has 1 N–H and O–H groups in total. The number of rotatable bonds is 4. The molecule has 24 heavy (non-hydrogen) atoms. The second-order valence-electron chi connectivity index (χ2n) is 6.21. The first-order valence-electron chi connectivity index (χ1n) is 8.36. The van der Waals surface area contributed by atoms with E-state index in [1.165, 1.54) is 0 Å². The molecular weight excluding hydrogens is 302 g/mol. The Labute approximate surface area is 142 Å². The number of benzene rings is 2. The zero-order valence-electron chi connectivity index (χ0n) is 13.9. The summed E-state index contributed by atoms with van der Waals surface area (Å²) < 4.78 is 5.36. The lowest BCUT2D eigenvalue weighted by molar-refractivity contribution is 0.0393. The number of nitrogens with zero attached hydrogens (tertiary/aromatic N) is 1. The van der Waals surface area contributed by atoms with Crippen molar-refractivity contribution in [3.63, 3.8) is 0 Å². The summed E-state index contributed by atoms with van der Waals surface area (Å²) in [5, 5.41) is 10.8. The largest absolute Gasteiger partial charge is 0.496 e. The highest BCUT2D eigenvalue weighted by molar-refractivity contribution is 5.94. The molecule has 0 saturated carbocycles. The topological polar surface area (TPSA) is 49.8 Å². The van der Waals surface area contributed by atoms with Gasteiger partial charge in [0, 0.05) is 30.1 Å². The molecule has 126 valence electrons. The van der Waals surface area contributed by atoms with Gasteiger partial charge in [-0.1, -0.05) is 36.4 Å². The van der Waals surface area contributed by atoms with Crippen LogP contribution in [0.15, 0.2) is 54.6 Å². The summed E-state index contributed by atoms with van der Waals surface area (Å²) >= 11 is 0. The summed E-state index contributed by atoms with van der Waals surface area (Å²) in [5.41, 5.74) is 1.49. The standard InChI is InChI=1S/C20H23NO3/c1-24-18-12-6-5-11-17(18)19(22)16-10-7-13-21(14-16)20(23)15-8-3-2-4-9-15/h2-6,8-9,11-12,16,19,22H,7,10,13-14H2,1H3. The van der Waals surface area contributed by atoms with Gasteiger partial charge < -0.3 is 14.7 Å². The van der Waals surface area contributed by atoms with E-state index in [4.69, 9.17) is 4.74 Å². The van der Waals surface area contributed by atoms with E-state index in [1.807, 2.05) is 59.5 Å². The van der Waals surface area contributed by atoms with Crippen molar-refractivity contribution in [2.45, 2.75) is 18.9 Å². The van der Waals surface area contributed by atoms with Crippen LogP contribution >= 0.6 is 0 Å². The molecule has 1 saturated heterocycles. The average Bonchev–Trinajstić information content (AvgIpc) is 2.67. The number of aliphatic hydroxyl groups excluding tert-OH is 1. The second-order valence-corrected chi connectivity index (χ2v) is 6.21. The van der Waals surface area contributed by atoms with Gasteiger partial charge in [-0.25, -0.2) is 0 Å². The Morgan fingerprint density at radius 3 is 2.62 bits per heavy atom. The minimum Gasteiger partial charge on any atom is -0.496 e. The van der Waals surface area contributed by atoms with Gasteiger partial charge in [0.05, 0.1) is 13.2 Å². The van der Waals surface area contributed by atoms with Crippen molar-refractivity contribution in [3.8, 4) is 5.75 Å². The van der Waals surface area contributed by atoms with E-state index in [2.05, 4.69) is 0 Å². The summed E-state index contributed by atoms with van der Waals surface area (Å²) in [6.45, 7) is 1.30. The molecule has 4 nitrogen and oxygen atoms in total. The lowest BCUT2D eigenvalue weighted by atomic mass is 9.88. The van der Waals surface area contributed by atoms with Crippen LogP contribution in [-0.2, 0) is 0 Å². The highest BCUT2D eigenvalue weighted by Gasteiger charge is 2.30. The molecule has 1 aliphatic heterocycles. The maximum Gasteiger partial charge on any atom is 0.253 e. The monoisotopic (exact) mass is 325 g/mol. The first kappa shape index (κ1) is 16.5. The molecule has 1 heterocycles. The van der Waals surface area contributed by atoms with E-state index in [0.29, 0.717) is 17.9 Å². The predicted octanol–water partition coefficient (Wildman–Crippen LogP) is 3.28. The number of hydrogen-bond acceptors (Lipinski definition) is 3. The molecule has 0 bridgehead atoms. The first-order chi connectivity index (χ1) is 11.7. The molecule has 0 aromatic heterocycles. The van der Waals surface area contributed by atoms with Gasteiger partial charge in [-0.05, 0) is 31.0 Å². The number of para-hydroxylation sites is 1. The van der Waals surface area contributed by atoms with Crippen LogP contribution in [0.4, 0.5) is 0 Å². The smallest absolute Gasteiger partial charge is 0.253 e. The zero-order chi connectivity index (χ0) is 16.9. The molecule has 2 unspecified atom stereocenters. The highest BCUT2D eigenvalue weighted by Crippen LogP contribution is 2.34. The molecule has 1 fully saturated rings. The molecule has 3 rings (SSSR count). The minimum absolute atomic E-state index is 0.0164. The molecule has 2 aromatic rings. The normalized spacial score (nSPS) is 18.9. The Kier molecular flexibility index (Phi) is 5.16. The van der Waals surface area contributed by atoms with E-state index in [1.54, 1.807) is 7.11 Å². The lowest BCUT2D eigenvalue weighted by Crippen LogP contribution is -2.41. The molecule has 0 radical (unpaired) electrons. The summed E-state index contributed by atoms with van der Waals surface area (Å²) in [6.07, 6.45) is 1.17. The van der Waals surface area contributed by atoms with Crippen molar-refractivity contribution in [2.24, 2.45) is 5.92 Å². The Hall–Kier alpha value is -2.33. The van der Waals surface area contributed by atoms with E-state index >= 15 is 0 Å². The third kappa shape index (κ3) is 3.44. The SMILES string of the molecule is COc1ccccc1C(O)C1CCCN(C(=O)c2ccccc2)C1. The molecule has 4 heteroatoms. The number of amides is 1. The van der Waals surface area contributed by atoms with Crippen LogP contribution < -0.4 is 4.74 Å². The lowest BCUT2D eigenvalue weighted by Gasteiger charge is -2.35. The van der Waals surface area contributed by atoms with Gasteiger partial charge in [-0.2, -0.15) is 0 Å². The third-order valence-electron chi connectivity index (χ3n) is 4.67. The van der Waals surface area contributed by atoms with Crippen LogP contribution in [0, 0.1) is 5.92 Å². The molecule has 0 spiro atoms. The number of aliphatic hydroxyl groups is 1. The first-order valence-corrected chi connectivity index (χ1v) is 8.36. The van der Waals surface area contributed by atoms with Crippen molar-refractivity contribution in [3.05, 3.63) is 65.7 Å². The predicted molar refractivity (Wildman–Crippen MR) is 93.0 cm³/mol. The maximum atomic E-state index is 12.6. The van der Waals surface area contributed by atoms with Gasteiger partial charge in [0.25, 0.3) is 5.91 Å². The Bertz CT molecular complexity index is 686. The summed E-state index contributed by atoms with van der Waals surface area (Å²) in [6, 6.07) is 16.9. The van der Waals surface area contributed by atoms with Gasteiger partial charge in [-0.15, -0.1) is 0 Å². The van der Waals surface area contributed by atoms with Crippen molar-refractivity contribution >= 4 is 5.91 Å². The third-order valence-corrected chi connectivity index (χ3v) is 4.67. The summed E-state index contributed by atoms with van der Waals surface area (Å²) in [7, 11) is 1.61. The van der Waals surface area contributed by atoms with Crippen molar-refractivity contribution in [2.75, 3.05) is 20.2 Å². The Morgan fingerprint density at radius 2 is 1.88 bits per heavy atom. The fourth-order valence-electron chi connectivity index (χ4n) is 3.38. The van der Waals surface area contributed by atoms with Crippen LogP contribution in [0.5, 0.6) is 5.75 Å². The molecular formula is C20H23NO3. The number of hydrogen-bond donors (Lipinski definition) is 1. The molecule has 1 aliphatic rings. The van der Waals surface area contributed by atoms with Gasteiger partial charge in [0.15, 0.2) is 0 Å². The van der Waals surface area contributed by atoms with Crippen LogP contribution in [0.1, 0.15) is 34.9 Å². The van der Waals surface area contributed by atoms with E-state index in [-0.39, 0.29) is 11.8 Å². The van der Waals surface area contributed by atoms with Crippen molar-refractivity contribution in [1.82, 2.24) is 4.90 Å². The summed E-state index contributed by atoms with van der Waals surface area (Å²) in [5.74, 6) is 0.742.